The number of hydrogen-bond acceptors (Lipinski definition) is 3. The Kier molecular flexibility index (Phi) is 5.28. The van der Waals surface area contributed by atoms with Crippen molar-refractivity contribution in [2.45, 2.75) is 32.1 Å². The quantitative estimate of drug-likeness (QED) is 0.799. The van der Waals surface area contributed by atoms with Crippen molar-refractivity contribution in [2.75, 3.05) is 12.3 Å². The van der Waals surface area contributed by atoms with Crippen molar-refractivity contribution in [1.29, 1.82) is 0 Å². The van der Waals surface area contributed by atoms with Crippen LogP contribution >= 0.6 is 27.5 Å². The first-order chi connectivity index (χ1) is 8.53. The predicted molar refractivity (Wildman–Crippen MR) is 82.8 cm³/mol. The first kappa shape index (κ1) is 16.8. The van der Waals surface area contributed by atoms with E-state index >= 15 is 0 Å². The zero-order valence-corrected chi connectivity index (χ0v) is 14.3. The third-order valence-corrected chi connectivity index (χ3v) is 5.34. The summed E-state index contributed by atoms with van der Waals surface area (Å²) in [6.07, 6.45) is 0.736. The van der Waals surface area contributed by atoms with Crippen LogP contribution in [-0.4, -0.2) is 15.0 Å². The molecule has 19 heavy (non-hydrogen) atoms. The number of anilines is 1. The molecule has 0 bridgehead atoms. The molecule has 0 aromatic heterocycles. The molecule has 0 fully saturated rings. The maximum absolute atomic E-state index is 12.2. The number of rotatable bonds is 4. The minimum atomic E-state index is -3.62. The van der Waals surface area contributed by atoms with Gasteiger partial charge in [0.15, 0.2) is 0 Å². The highest BCUT2D eigenvalue weighted by atomic mass is 79.9. The number of benzene rings is 1. The Labute approximate surface area is 127 Å². The van der Waals surface area contributed by atoms with E-state index in [1.807, 2.05) is 0 Å². The molecule has 0 radical (unpaired) electrons. The minimum Gasteiger partial charge on any atom is -0.398 e. The molecule has 0 saturated carbocycles. The van der Waals surface area contributed by atoms with Gasteiger partial charge < -0.3 is 5.73 Å². The zero-order chi connectivity index (χ0) is 14.8. The topological polar surface area (TPSA) is 72.2 Å². The molecular weight excluding hydrogens is 352 g/mol. The van der Waals surface area contributed by atoms with Crippen LogP contribution in [-0.2, 0) is 10.0 Å². The lowest BCUT2D eigenvalue weighted by Crippen LogP contribution is -2.27. The summed E-state index contributed by atoms with van der Waals surface area (Å²) in [5, 5.41) is 0.289. The molecule has 4 nitrogen and oxygen atoms in total. The van der Waals surface area contributed by atoms with Gasteiger partial charge in [0.25, 0.3) is 0 Å². The van der Waals surface area contributed by atoms with E-state index in [9.17, 15) is 8.42 Å². The van der Waals surface area contributed by atoms with Gasteiger partial charge in [-0.05, 0) is 39.9 Å². The fourth-order valence-corrected chi connectivity index (χ4v) is 3.74. The van der Waals surface area contributed by atoms with E-state index in [-0.39, 0.29) is 15.3 Å². The average Bonchev–Trinajstić information content (AvgIpc) is 2.20. The maximum atomic E-state index is 12.2. The normalized spacial score (nSPS) is 12.7. The number of sulfonamides is 1. The zero-order valence-electron chi connectivity index (χ0n) is 11.1. The van der Waals surface area contributed by atoms with Crippen LogP contribution in [0.15, 0.2) is 21.5 Å². The van der Waals surface area contributed by atoms with Crippen LogP contribution in [0, 0.1) is 5.41 Å². The SMILES string of the molecule is CC(C)(C)CCNS(=O)(=O)c1cc(Cl)cc(N)c1Br. The van der Waals surface area contributed by atoms with Crippen LogP contribution in [0.1, 0.15) is 27.2 Å². The Morgan fingerprint density at radius 1 is 1.37 bits per heavy atom. The number of hydrogen-bond donors (Lipinski definition) is 2. The molecule has 1 aromatic rings. The fraction of sp³-hybridized carbons (Fsp3) is 0.500. The predicted octanol–water partition coefficient (Wildman–Crippen LogP) is 3.40. The Hall–Kier alpha value is -0.300. The first-order valence-electron chi connectivity index (χ1n) is 5.77. The second-order valence-electron chi connectivity index (χ2n) is 5.52. The number of nitrogens with two attached hydrogens (primary N) is 1. The summed E-state index contributed by atoms with van der Waals surface area (Å²) < 4.78 is 27.3. The van der Waals surface area contributed by atoms with E-state index in [0.717, 1.165) is 6.42 Å². The molecule has 0 saturated heterocycles. The number of halogens is 2. The molecule has 0 heterocycles. The van der Waals surface area contributed by atoms with Crippen LogP contribution in [0.3, 0.4) is 0 Å². The van der Waals surface area contributed by atoms with Gasteiger partial charge in [-0.2, -0.15) is 0 Å². The summed E-state index contributed by atoms with van der Waals surface area (Å²) in [6, 6.07) is 2.88. The van der Waals surface area contributed by atoms with Crippen molar-refractivity contribution in [3.8, 4) is 0 Å². The summed E-state index contributed by atoms with van der Waals surface area (Å²) in [6.45, 7) is 6.52. The molecule has 1 rings (SSSR count). The second kappa shape index (κ2) is 5.99. The average molecular weight is 370 g/mol. The van der Waals surface area contributed by atoms with Crippen molar-refractivity contribution in [2.24, 2.45) is 5.41 Å². The molecule has 0 amide bonds. The first-order valence-corrected chi connectivity index (χ1v) is 8.42. The molecule has 0 unspecified atom stereocenters. The van der Waals surface area contributed by atoms with Gasteiger partial charge in [0.05, 0.1) is 9.37 Å². The molecule has 0 aliphatic rings. The molecule has 1 aromatic carbocycles. The van der Waals surface area contributed by atoms with Gasteiger partial charge in [-0.25, -0.2) is 13.1 Å². The van der Waals surface area contributed by atoms with Crippen molar-refractivity contribution >= 4 is 43.2 Å². The summed E-state index contributed by atoms with van der Waals surface area (Å²) in [5.41, 5.74) is 6.05. The lowest BCUT2D eigenvalue weighted by Gasteiger charge is -2.18. The third kappa shape index (κ3) is 4.95. The number of nitrogens with one attached hydrogen (secondary N) is 1. The van der Waals surface area contributed by atoms with E-state index in [1.54, 1.807) is 0 Å². The van der Waals surface area contributed by atoms with E-state index < -0.39 is 10.0 Å². The summed E-state index contributed by atoms with van der Waals surface area (Å²) >= 11 is 9.02. The Morgan fingerprint density at radius 2 is 1.95 bits per heavy atom. The molecule has 108 valence electrons. The van der Waals surface area contributed by atoms with Gasteiger partial charge in [0, 0.05) is 17.3 Å². The molecule has 3 N–H and O–H groups in total. The van der Waals surface area contributed by atoms with Crippen LogP contribution in [0.25, 0.3) is 0 Å². The van der Waals surface area contributed by atoms with Gasteiger partial charge in [-0.1, -0.05) is 32.4 Å². The highest BCUT2D eigenvalue weighted by Crippen LogP contribution is 2.31. The highest BCUT2D eigenvalue weighted by molar-refractivity contribution is 9.10. The van der Waals surface area contributed by atoms with Crippen molar-refractivity contribution < 1.29 is 8.42 Å². The Bertz CT molecular complexity index is 568. The fourth-order valence-electron chi connectivity index (χ4n) is 1.42. The van der Waals surface area contributed by atoms with Crippen molar-refractivity contribution in [1.82, 2.24) is 4.72 Å². The van der Waals surface area contributed by atoms with Crippen LogP contribution in [0.4, 0.5) is 5.69 Å². The van der Waals surface area contributed by atoms with Gasteiger partial charge in [0.1, 0.15) is 0 Å². The second-order valence-corrected chi connectivity index (χ2v) is 8.48. The summed E-state index contributed by atoms with van der Waals surface area (Å²) in [7, 11) is -3.62. The Balaban J connectivity index is 2.95. The van der Waals surface area contributed by atoms with E-state index in [1.165, 1.54) is 12.1 Å². The van der Waals surface area contributed by atoms with Gasteiger partial charge >= 0.3 is 0 Å². The van der Waals surface area contributed by atoms with E-state index in [2.05, 4.69) is 41.4 Å². The van der Waals surface area contributed by atoms with Crippen molar-refractivity contribution in [3.05, 3.63) is 21.6 Å². The monoisotopic (exact) mass is 368 g/mol. The molecule has 0 aliphatic carbocycles. The van der Waals surface area contributed by atoms with E-state index in [4.69, 9.17) is 17.3 Å². The standard InChI is InChI=1S/C12H18BrClN2O2S/c1-12(2,3)4-5-16-19(17,18)10-7-8(14)6-9(15)11(10)13/h6-7,16H,4-5,15H2,1-3H3. The number of nitrogen functional groups attached to an aromatic ring is 1. The minimum absolute atomic E-state index is 0.0615. The van der Waals surface area contributed by atoms with Gasteiger partial charge in [-0.15, -0.1) is 0 Å². The van der Waals surface area contributed by atoms with Crippen LogP contribution in [0.5, 0.6) is 0 Å². The lowest BCUT2D eigenvalue weighted by molar-refractivity contribution is 0.378. The molecule has 0 aliphatic heterocycles. The molecule has 0 atom stereocenters. The third-order valence-electron chi connectivity index (χ3n) is 2.49. The smallest absolute Gasteiger partial charge is 0.241 e. The summed E-state index contributed by atoms with van der Waals surface area (Å²) in [5.74, 6) is 0. The lowest BCUT2D eigenvalue weighted by atomic mass is 9.93. The highest BCUT2D eigenvalue weighted by Gasteiger charge is 2.21. The maximum Gasteiger partial charge on any atom is 0.241 e. The summed E-state index contributed by atoms with van der Waals surface area (Å²) in [4.78, 5) is 0.0615. The van der Waals surface area contributed by atoms with Crippen LogP contribution < -0.4 is 10.5 Å². The van der Waals surface area contributed by atoms with E-state index in [0.29, 0.717) is 16.7 Å². The van der Waals surface area contributed by atoms with Gasteiger partial charge in [0.2, 0.25) is 10.0 Å². The van der Waals surface area contributed by atoms with Crippen molar-refractivity contribution in [3.63, 3.8) is 0 Å². The van der Waals surface area contributed by atoms with Crippen LogP contribution in [0.2, 0.25) is 5.02 Å². The largest absolute Gasteiger partial charge is 0.398 e. The Morgan fingerprint density at radius 3 is 2.47 bits per heavy atom. The molecule has 7 heteroatoms. The molecular formula is C12H18BrClN2O2S. The molecule has 0 spiro atoms. The van der Waals surface area contributed by atoms with Gasteiger partial charge in [-0.3, -0.25) is 0 Å².